The van der Waals surface area contributed by atoms with E-state index in [1.165, 1.54) is 13.8 Å². The normalized spacial score (nSPS) is 9.50. The van der Waals surface area contributed by atoms with Crippen LogP contribution in [-0.2, 0) is 29.7 Å². The molecule has 189 valence electrons. The van der Waals surface area contributed by atoms with Gasteiger partial charge in [0, 0.05) is 43.6 Å². The van der Waals surface area contributed by atoms with Crippen molar-refractivity contribution < 1.29 is 29.7 Å². The molecule has 36 heavy (non-hydrogen) atoms. The Bertz CT molecular complexity index is 1160. The zero-order valence-electron chi connectivity index (χ0n) is 21.6. The number of ketones is 2. The van der Waals surface area contributed by atoms with Crippen molar-refractivity contribution >= 4 is 11.6 Å². The van der Waals surface area contributed by atoms with E-state index in [1.54, 1.807) is 12.4 Å². The molecule has 0 N–H and O–H groups in total. The minimum Gasteiger partial charge on any atom is -0.300 e. The van der Waals surface area contributed by atoms with Crippen molar-refractivity contribution in [3.63, 3.8) is 0 Å². The molecule has 1 radical (unpaired) electrons. The van der Waals surface area contributed by atoms with Gasteiger partial charge in [-0.1, -0.05) is 60.7 Å². The SMILES string of the molecule is CC(=O)CC(C)=O.Cc1cnc(-c2ccccc2)c(C)n1.Cc1cnc(-c2ccccc2)c(C)n1.[Ir]. The first-order valence-electron chi connectivity index (χ1n) is 11.4. The fourth-order valence-corrected chi connectivity index (χ4v) is 3.30. The third kappa shape index (κ3) is 10.5. The molecule has 0 aliphatic carbocycles. The van der Waals surface area contributed by atoms with Gasteiger partial charge >= 0.3 is 0 Å². The summed E-state index contributed by atoms with van der Waals surface area (Å²) in [5.74, 6) is -0.125. The summed E-state index contributed by atoms with van der Waals surface area (Å²) in [7, 11) is 0. The Kier molecular flexibility index (Phi) is 13.2. The Morgan fingerprint density at radius 2 is 0.944 bits per heavy atom. The van der Waals surface area contributed by atoms with E-state index in [9.17, 15) is 9.59 Å². The molecule has 0 saturated carbocycles. The number of aromatic nitrogens is 4. The molecule has 0 saturated heterocycles. The van der Waals surface area contributed by atoms with Gasteiger partial charge in [-0.2, -0.15) is 0 Å². The molecule has 0 aliphatic rings. The molecule has 4 rings (SSSR count). The topological polar surface area (TPSA) is 85.7 Å². The summed E-state index contributed by atoms with van der Waals surface area (Å²) in [6.07, 6.45) is 3.69. The van der Waals surface area contributed by atoms with Crippen LogP contribution in [0.3, 0.4) is 0 Å². The molecule has 0 aliphatic heterocycles. The van der Waals surface area contributed by atoms with Crippen molar-refractivity contribution in [3.05, 3.63) is 95.8 Å². The first kappa shape index (κ1) is 30.6. The van der Waals surface area contributed by atoms with Crippen LogP contribution in [0.5, 0.6) is 0 Å². The number of rotatable bonds is 4. The van der Waals surface area contributed by atoms with Gasteiger partial charge in [0.05, 0.1) is 40.6 Å². The average Bonchev–Trinajstić information content (AvgIpc) is 2.80. The van der Waals surface area contributed by atoms with E-state index in [4.69, 9.17) is 0 Å². The molecule has 7 heteroatoms. The number of aryl methyl sites for hydroxylation is 4. The predicted octanol–water partition coefficient (Wildman–Crippen LogP) is 6.07. The van der Waals surface area contributed by atoms with E-state index in [1.807, 2.05) is 88.4 Å². The van der Waals surface area contributed by atoms with E-state index < -0.39 is 0 Å². The van der Waals surface area contributed by atoms with Gasteiger partial charge in [0.2, 0.25) is 0 Å². The van der Waals surface area contributed by atoms with Gasteiger partial charge in [0.25, 0.3) is 0 Å². The Morgan fingerprint density at radius 3 is 1.19 bits per heavy atom. The first-order valence-corrected chi connectivity index (χ1v) is 11.4. The van der Waals surface area contributed by atoms with Crippen molar-refractivity contribution in [1.82, 2.24) is 19.9 Å². The number of nitrogens with zero attached hydrogens (tertiary/aromatic N) is 4. The van der Waals surface area contributed by atoms with Gasteiger partial charge in [-0.15, -0.1) is 0 Å². The summed E-state index contributed by atoms with van der Waals surface area (Å²) in [6.45, 7) is 10.7. The number of hydrogen-bond donors (Lipinski definition) is 0. The Balaban J connectivity index is 0.000000283. The third-order valence-electron chi connectivity index (χ3n) is 4.73. The van der Waals surface area contributed by atoms with Crippen LogP contribution in [0.4, 0.5) is 0 Å². The van der Waals surface area contributed by atoms with Crippen molar-refractivity contribution in [1.29, 1.82) is 0 Å². The van der Waals surface area contributed by atoms with Crippen molar-refractivity contribution in [2.75, 3.05) is 0 Å². The fraction of sp³-hybridized carbons (Fsp3) is 0.241. The minimum absolute atomic E-state index is 0. The van der Waals surface area contributed by atoms with Crippen LogP contribution in [0.2, 0.25) is 0 Å². The molecule has 0 fully saturated rings. The molecule has 0 amide bonds. The molecule has 2 heterocycles. The molecule has 4 aromatic rings. The van der Waals surface area contributed by atoms with Gasteiger partial charge in [0.1, 0.15) is 11.6 Å². The van der Waals surface area contributed by atoms with Crippen LogP contribution in [0, 0.1) is 27.7 Å². The van der Waals surface area contributed by atoms with Crippen molar-refractivity contribution in [3.8, 4) is 22.5 Å². The van der Waals surface area contributed by atoms with E-state index in [-0.39, 0.29) is 38.1 Å². The molecule has 0 spiro atoms. The third-order valence-corrected chi connectivity index (χ3v) is 4.73. The molecule has 0 unspecified atom stereocenters. The number of Topliss-reactive ketones (excluding diaryl/α,β-unsaturated/α-hetero) is 2. The van der Waals surface area contributed by atoms with Crippen LogP contribution in [0.1, 0.15) is 43.0 Å². The standard InChI is InChI=1S/2C12H12N2.C5H8O2.Ir/c2*1-9-8-13-12(10(2)14-9)11-6-4-3-5-7-11;1-4(6)3-5(2)7;/h2*3-8H,1-2H3;3H2,1-2H3;. The minimum atomic E-state index is -0.0625. The largest absolute Gasteiger partial charge is 0.300 e. The maximum Gasteiger partial charge on any atom is 0.137 e. The summed E-state index contributed by atoms with van der Waals surface area (Å²) in [5, 5.41) is 0. The van der Waals surface area contributed by atoms with Crippen LogP contribution in [-0.4, -0.2) is 31.5 Å². The van der Waals surface area contributed by atoms with E-state index >= 15 is 0 Å². The van der Waals surface area contributed by atoms with Crippen molar-refractivity contribution in [2.24, 2.45) is 0 Å². The second-order valence-corrected chi connectivity index (χ2v) is 8.20. The molecule has 2 aromatic carbocycles. The van der Waals surface area contributed by atoms with Gasteiger partial charge in [-0.3, -0.25) is 29.5 Å². The molecule has 0 bridgehead atoms. The zero-order valence-corrected chi connectivity index (χ0v) is 24.0. The summed E-state index contributed by atoms with van der Waals surface area (Å²) in [5.41, 5.74) is 8.07. The molecular formula is C29H32IrN4O2. The van der Waals surface area contributed by atoms with Crippen LogP contribution < -0.4 is 0 Å². The maximum absolute atomic E-state index is 10.0. The summed E-state index contributed by atoms with van der Waals surface area (Å²) in [4.78, 5) is 37.6. The first-order chi connectivity index (χ1) is 16.7. The molecule has 2 aromatic heterocycles. The van der Waals surface area contributed by atoms with Gasteiger partial charge in [-0.25, -0.2) is 0 Å². The molecule has 0 atom stereocenters. The number of carbonyl (C=O) groups excluding carboxylic acids is 2. The smallest absolute Gasteiger partial charge is 0.137 e. The van der Waals surface area contributed by atoms with Crippen molar-refractivity contribution in [2.45, 2.75) is 48.0 Å². The monoisotopic (exact) mass is 661 g/mol. The quantitative estimate of drug-likeness (QED) is 0.247. The van der Waals surface area contributed by atoms with Gasteiger partial charge in [-0.05, 0) is 41.5 Å². The van der Waals surface area contributed by atoms with E-state index in [2.05, 4.69) is 19.9 Å². The number of carbonyl (C=O) groups is 2. The van der Waals surface area contributed by atoms with E-state index in [0.29, 0.717) is 0 Å². The van der Waals surface area contributed by atoms with Gasteiger partial charge < -0.3 is 0 Å². The Hall–Kier alpha value is -3.41. The second kappa shape index (κ2) is 15.6. The Labute approximate surface area is 227 Å². The van der Waals surface area contributed by atoms with Gasteiger partial charge in [0.15, 0.2) is 0 Å². The predicted molar refractivity (Wildman–Crippen MR) is 140 cm³/mol. The summed E-state index contributed by atoms with van der Waals surface area (Å²) in [6, 6.07) is 20.2. The van der Waals surface area contributed by atoms with Crippen LogP contribution >= 0.6 is 0 Å². The number of hydrogen-bond acceptors (Lipinski definition) is 6. The average molecular weight is 661 g/mol. The van der Waals surface area contributed by atoms with Crippen LogP contribution in [0.15, 0.2) is 73.1 Å². The van der Waals surface area contributed by atoms with Crippen LogP contribution in [0.25, 0.3) is 22.5 Å². The molecule has 6 nitrogen and oxygen atoms in total. The summed E-state index contributed by atoms with van der Waals surface area (Å²) >= 11 is 0. The number of benzene rings is 2. The molecular weight excluding hydrogens is 629 g/mol. The summed E-state index contributed by atoms with van der Waals surface area (Å²) < 4.78 is 0. The fourth-order valence-electron chi connectivity index (χ4n) is 3.30. The maximum atomic E-state index is 10.0. The second-order valence-electron chi connectivity index (χ2n) is 8.20. The zero-order chi connectivity index (χ0) is 25.8. The van der Waals surface area contributed by atoms with E-state index in [0.717, 1.165) is 45.3 Å². The Morgan fingerprint density at radius 1 is 0.611 bits per heavy atom.